The average Bonchev–Trinajstić information content (AvgIpc) is 4.13. The Morgan fingerprint density at radius 1 is 0.403 bits per heavy atom. The predicted octanol–water partition coefficient (Wildman–Crippen LogP) is 18.4. The van der Waals surface area contributed by atoms with Gasteiger partial charge in [0.2, 0.25) is 0 Å². The number of hydrogen-bond acceptors (Lipinski definition) is 2. The van der Waals surface area contributed by atoms with E-state index in [2.05, 4.69) is 295 Å². The summed E-state index contributed by atoms with van der Waals surface area (Å²) >= 11 is 0. The van der Waals surface area contributed by atoms with Crippen molar-refractivity contribution in [3.05, 3.63) is 289 Å². The molecule has 13 aromatic rings. The third-order valence-electron chi connectivity index (χ3n) is 15.7. The van der Waals surface area contributed by atoms with Crippen molar-refractivity contribution in [3.63, 3.8) is 0 Å². The quantitative estimate of drug-likeness (QED) is 0.129. The maximum Gasteiger partial charge on any atom is 0.154 e. The van der Waals surface area contributed by atoms with Gasteiger partial charge in [0.1, 0.15) is 5.58 Å². The van der Waals surface area contributed by atoms with Crippen molar-refractivity contribution in [2.45, 2.75) is 19.9 Å². The van der Waals surface area contributed by atoms with Gasteiger partial charge in [-0.2, -0.15) is 0 Å². The second-order valence-corrected chi connectivity index (χ2v) is 20.5. The molecule has 0 amide bonds. The van der Waals surface area contributed by atoms with Crippen LogP contribution in [0.15, 0.2) is 277 Å². The van der Waals surface area contributed by atoms with Crippen LogP contribution < -0.4 is 15.5 Å². The normalized spacial score (nSPS) is 13.2. The molecule has 0 saturated heterocycles. The Bertz CT molecular complexity index is 4290. The fraction of sp³-hybridized carbons (Fsp3) is 0.0541. The monoisotopic (exact) mass is 986 g/mol. The van der Waals surface area contributed by atoms with E-state index in [1.807, 2.05) is 0 Å². The van der Waals surface area contributed by atoms with Crippen LogP contribution in [0, 0.1) is 5.92 Å². The summed E-state index contributed by atoms with van der Waals surface area (Å²) in [5.41, 5.74) is 23.4. The number of benzene rings is 11. The number of fused-ring (bicyclic) bond motifs is 6. The zero-order valence-corrected chi connectivity index (χ0v) is 42.9. The molecule has 11 aromatic carbocycles. The van der Waals surface area contributed by atoms with Gasteiger partial charge >= 0.3 is 0 Å². The van der Waals surface area contributed by atoms with E-state index in [9.17, 15) is 0 Å². The van der Waals surface area contributed by atoms with E-state index in [1.54, 1.807) is 0 Å². The predicted molar refractivity (Wildman–Crippen MR) is 323 cm³/mol. The average molecular weight is 987 g/mol. The van der Waals surface area contributed by atoms with E-state index in [0.717, 1.165) is 28.8 Å². The number of furan rings is 1. The lowest BCUT2D eigenvalue weighted by Gasteiger charge is -2.27. The molecule has 2 heterocycles. The van der Waals surface area contributed by atoms with Crippen molar-refractivity contribution >= 4 is 55.9 Å². The Morgan fingerprint density at radius 3 is 1.45 bits per heavy atom. The number of anilines is 2. The minimum absolute atomic E-state index is 0.358. The number of hydrogen-bond donors (Lipinski definition) is 0. The zero-order chi connectivity index (χ0) is 51.2. The second kappa shape index (κ2) is 19.5. The molecule has 1 aliphatic carbocycles. The molecule has 1 atom stereocenters. The van der Waals surface area contributed by atoms with Gasteiger partial charge in [0, 0.05) is 39.3 Å². The molecule has 1 unspecified atom stereocenters. The van der Waals surface area contributed by atoms with Gasteiger partial charge in [-0.1, -0.05) is 237 Å². The summed E-state index contributed by atoms with van der Waals surface area (Å²) in [6.07, 6.45) is 3.27. The molecule has 0 aliphatic heterocycles. The van der Waals surface area contributed by atoms with Crippen molar-refractivity contribution in [2.24, 2.45) is 5.92 Å². The molecule has 1 aliphatic rings. The summed E-state index contributed by atoms with van der Waals surface area (Å²) in [4.78, 5) is 2.46. The highest BCUT2D eigenvalue weighted by Gasteiger charge is 2.23. The number of aromatic nitrogens is 1. The first-order valence-electron chi connectivity index (χ1n) is 26.8. The summed E-state index contributed by atoms with van der Waals surface area (Å²) < 4.78 is 9.22. The van der Waals surface area contributed by atoms with Crippen LogP contribution in [-0.2, 0) is 6.54 Å². The Labute approximate surface area is 449 Å². The molecule has 2 aromatic heterocycles. The van der Waals surface area contributed by atoms with E-state index in [1.165, 1.54) is 110 Å². The molecule has 366 valence electrons. The largest absolute Gasteiger partial charge is 0.454 e. The van der Waals surface area contributed by atoms with Crippen LogP contribution >= 0.6 is 0 Å². The van der Waals surface area contributed by atoms with Crippen molar-refractivity contribution in [2.75, 3.05) is 4.90 Å². The van der Waals surface area contributed by atoms with Crippen molar-refractivity contribution in [3.8, 4) is 66.8 Å². The topological polar surface area (TPSA) is 21.3 Å². The number of rotatable bonds is 11. The first-order chi connectivity index (χ1) is 38.1. The first kappa shape index (κ1) is 45.9. The standard InChI is InChI=1S/C74H54N2O/c1-50-46-68-66-24-11-13-29-72(66)77-74(68)71(47-50)76-69-27-12-10-25-67(69)73-65(26-15-28-70(73)76)60-22-14-21-59(48-60)64-23-9-8-20-61(64)49-75(62-42-38-57(39-43-62)55-34-30-53(31-35-55)51-16-4-2-5-17-51)63-44-40-58(41-45-63)56-36-32-54(33-37-56)52-18-6-3-7-19-52/h2-46,48,50H,47,49H2,1H3. The minimum atomic E-state index is 0.358. The summed E-state index contributed by atoms with van der Waals surface area (Å²) in [6, 6.07) is 99.3. The van der Waals surface area contributed by atoms with Gasteiger partial charge < -0.3 is 13.9 Å². The SMILES string of the molecule is CC1C=c2c(oc3ccccc23)=C(n2c3ccccc3c3c(-c4cccc(-c5ccccc5CN(c5ccc(-c6ccc(-c7ccccc7)cc6)cc5)c5ccc(-c6ccc(-c7ccccc7)cc6)cc5)c4)cccc32)C1. The van der Waals surface area contributed by atoms with Crippen molar-refractivity contribution in [1.82, 2.24) is 4.57 Å². The molecule has 0 fully saturated rings. The van der Waals surface area contributed by atoms with Crippen LogP contribution in [-0.4, -0.2) is 4.57 Å². The number of nitrogens with zero attached hydrogens (tertiary/aromatic N) is 2. The van der Waals surface area contributed by atoms with Crippen molar-refractivity contribution < 1.29 is 4.42 Å². The maximum atomic E-state index is 6.73. The van der Waals surface area contributed by atoms with Crippen LogP contribution in [0.3, 0.4) is 0 Å². The van der Waals surface area contributed by atoms with Gasteiger partial charge in [-0.05, 0) is 133 Å². The van der Waals surface area contributed by atoms with Gasteiger partial charge in [-0.15, -0.1) is 0 Å². The molecule has 0 N–H and O–H groups in total. The molecule has 0 spiro atoms. The van der Waals surface area contributed by atoms with E-state index >= 15 is 0 Å². The lowest BCUT2D eigenvalue weighted by Crippen LogP contribution is -2.31. The molecule has 3 nitrogen and oxygen atoms in total. The maximum absolute atomic E-state index is 6.73. The molecule has 77 heavy (non-hydrogen) atoms. The van der Waals surface area contributed by atoms with Crippen molar-refractivity contribution in [1.29, 1.82) is 0 Å². The number of para-hydroxylation sites is 2. The van der Waals surface area contributed by atoms with Crippen LogP contribution in [0.4, 0.5) is 11.4 Å². The van der Waals surface area contributed by atoms with Crippen LogP contribution in [0.2, 0.25) is 0 Å². The fourth-order valence-corrected chi connectivity index (χ4v) is 11.9. The molecular formula is C74H54N2O. The minimum Gasteiger partial charge on any atom is -0.454 e. The summed E-state index contributed by atoms with van der Waals surface area (Å²) in [7, 11) is 0. The van der Waals surface area contributed by atoms with E-state index in [0.29, 0.717) is 12.5 Å². The summed E-state index contributed by atoms with van der Waals surface area (Å²) in [5, 5.41) is 4.85. The second-order valence-electron chi connectivity index (χ2n) is 20.5. The Hall–Kier alpha value is -9.70. The molecule has 0 saturated carbocycles. The smallest absolute Gasteiger partial charge is 0.154 e. The van der Waals surface area contributed by atoms with Crippen LogP contribution in [0.1, 0.15) is 18.9 Å². The van der Waals surface area contributed by atoms with E-state index in [-0.39, 0.29) is 0 Å². The summed E-state index contributed by atoms with van der Waals surface area (Å²) in [6.45, 7) is 2.98. The van der Waals surface area contributed by atoms with Crippen LogP contribution in [0.25, 0.3) is 111 Å². The molecular weight excluding hydrogens is 933 g/mol. The molecule has 3 heteroatoms. The van der Waals surface area contributed by atoms with Gasteiger partial charge in [-0.25, -0.2) is 0 Å². The first-order valence-corrected chi connectivity index (χ1v) is 26.8. The van der Waals surface area contributed by atoms with Gasteiger partial charge in [0.05, 0.1) is 16.7 Å². The van der Waals surface area contributed by atoms with E-state index < -0.39 is 0 Å². The molecule has 0 bridgehead atoms. The Morgan fingerprint density at radius 2 is 0.844 bits per heavy atom. The highest BCUT2D eigenvalue weighted by molar-refractivity contribution is 6.16. The Balaban J connectivity index is 0.834. The third kappa shape index (κ3) is 8.53. The lowest BCUT2D eigenvalue weighted by molar-refractivity contribution is 0.557. The molecule has 14 rings (SSSR count). The fourth-order valence-electron chi connectivity index (χ4n) is 11.9. The molecule has 0 radical (unpaired) electrons. The highest BCUT2D eigenvalue weighted by Crippen LogP contribution is 2.42. The third-order valence-corrected chi connectivity index (χ3v) is 15.7. The highest BCUT2D eigenvalue weighted by atomic mass is 16.3. The van der Waals surface area contributed by atoms with Gasteiger partial charge in [0.25, 0.3) is 0 Å². The van der Waals surface area contributed by atoms with Crippen LogP contribution in [0.5, 0.6) is 0 Å². The zero-order valence-electron chi connectivity index (χ0n) is 42.9. The van der Waals surface area contributed by atoms with Gasteiger partial charge in [-0.3, -0.25) is 0 Å². The van der Waals surface area contributed by atoms with E-state index in [4.69, 9.17) is 4.42 Å². The summed E-state index contributed by atoms with van der Waals surface area (Å²) in [5.74, 6) is 0.358. The van der Waals surface area contributed by atoms with Gasteiger partial charge in [0.15, 0.2) is 5.42 Å². The Kier molecular flexibility index (Phi) is 11.6. The lowest BCUT2D eigenvalue weighted by atomic mass is 9.93.